The number of nitrogens with zero attached hydrogens (tertiary/aromatic N) is 3. The van der Waals surface area contributed by atoms with Crippen LogP contribution in [0.25, 0.3) is 0 Å². The van der Waals surface area contributed by atoms with Gasteiger partial charge in [0.2, 0.25) is 0 Å². The van der Waals surface area contributed by atoms with E-state index in [-0.39, 0.29) is 25.0 Å². The van der Waals surface area contributed by atoms with E-state index in [2.05, 4.69) is 10.3 Å². The molecule has 0 atom stereocenters. The third-order valence-corrected chi connectivity index (χ3v) is 6.97. The minimum atomic E-state index is -1.56. The average molecular weight is 560 g/mol. The first kappa shape index (κ1) is 27.0. The molecule has 202 valence electrons. The van der Waals surface area contributed by atoms with Gasteiger partial charge in [0, 0.05) is 18.8 Å². The lowest BCUT2D eigenvalue weighted by molar-refractivity contribution is -0.130. The van der Waals surface area contributed by atoms with Gasteiger partial charge in [-0.25, -0.2) is 8.78 Å². The Morgan fingerprint density at radius 3 is 2.20 bits per heavy atom. The number of guanidine groups is 1. The topological polar surface area (TPSA) is 89.4 Å². The molecule has 1 aromatic heterocycles. The molecule has 1 aliphatic rings. The molecular weight excluding hydrogens is 536 g/mol. The molecule has 1 saturated heterocycles. The molecule has 1 fully saturated rings. The maximum absolute atomic E-state index is 14.0. The smallest absolute Gasteiger partial charge is 0.264 e. The molecule has 2 N–H and O–H groups in total. The molecule has 4 aromatic rings. The number of rotatable bonds is 7. The van der Waals surface area contributed by atoms with Gasteiger partial charge in [-0.1, -0.05) is 48.0 Å². The van der Waals surface area contributed by atoms with Gasteiger partial charge >= 0.3 is 0 Å². The molecule has 40 heavy (non-hydrogen) atoms. The number of aromatic nitrogens is 1. The Morgan fingerprint density at radius 2 is 1.62 bits per heavy atom. The first-order valence-electron chi connectivity index (χ1n) is 12.3. The van der Waals surface area contributed by atoms with Gasteiger partial charge in [-0.3, -0.25) is 24.9 Å². The summed E-state index contributed by atoms with van der Waals surface area (Å²) in [5.74, 6) is -1.87. The third-order valence-electron chi connectivity index (χ3n) is 6.75. The highest BCUT2D eigenvalue weighted by Crippen LogP contribution is 2.36. The SMILES string of the molecule is CN(Cc1ccc(Cl)cn1)C(=O)c1cccc(CN2C(=N)NC(c3ccc(F)cc3)(c3ccc(F)cc3)C2=O)c1. The second kappa shape index (κ2) is 10.9. The Hall–Kier alpha value is -4.63. The van der Waals surface area contributed by atoms with Crippen LogP contribution in [0.5, 0.6) is 0 Å². The molecule has 0 saturated carbocycles. The maximum atomic E-state index is 14.0. The van der Waals surface area contributed by atoms with E-state index in [0.717, 1.165) is 0 Å². The Labute approximate surface area is 234 Å². The van der Waals surface area contributed by atoms with E-state index >= 15 is 0 Å². The quantitative estimate of drug-likeness (QED) is 0.330. The summed E-state index contributed by atoms with van der Waals surface area (Å²) in [5.41, 5.74) is 0.952. The highest BCUT2D eigenvalue weighted by Gasteiger charge is 2.52. The summed E-state index contributed by atoms with van der Waals surface area (Å²) in [4.78, 5) is 34.1. The molecule has 0 spiro atoms. The number of pyridine rings is 1. The number of halogens is 3. The molecule has 0 radical (unpaired) electrons. The Morgan fingerprint density at radius 1 is 1.00 bits per heavy atom. The van der Waals surface area contributed by atoms with Crippen LogP contribution in [-0.4, -0.2) is 39.6 Å². The molecule has 10 heteroatoms. The normalized spacial score (nSPS) is 14.2. The van der Waals surface area contributed by atoms with Gasteiger partial charge in [0.1, 0.15) is 11.6 Å². The number of hydrogen-bond donors (Lipinski definition) is 2. The second-order valence-electron chi connectivity index (χ2n) is 9.46. The van der Waals surface area contributed by atoms with Crippen LogP contribution in [0.2, 0.25) is 5.02 Å². The summed E-state index contributed by atoms with van der Waals surface area (Å²) in [6.07, 6.45) is 1.52. The van der Waals surface area contributed by atoms with E-state index in [1.165, 1.54) is 64.5 Å². The minimum absolute atomic E-state index is 0.00161. The molecular formula is C30H24ClF2N5O2. The van der Waals surface area contributed by atoms with Crippen LogP contribution < -0.4 is 5.32 Å². The van der Waals surface area contributed by atoms with Gasteiger partial charge in [-0.05, 0) is 65.2 Å². The molecule has 7 nitrogen and oxygen atoms in total. The Kier molecular flexibility index (Phi) is 7.32. The zero-order valence-electron chi connectivity index (χ0n) is 21.4. The first-order valence-corrected chi connectivity index (χ1v) is 12.7. The van der Waals surface area contributed by atoms with Crippen molar-refractivity contribution in [1.29, 1.82) is 5.41 Å². The number of carbonyl (C=O) groups excluding carboxylic acids is 2. The molecule has 1 aliphatic heterocycles. The molecule has 0 bridgehead atoms. The van der Waals surface area contributed by atoms with Crippen LogP contribution in [0.3, 0.4) is 0 Å². The lowest BCUT2D eigenvalue weighted by Gasteiger charge is -2.28. The summed E-state index contributed by atoms with van der Waals surface area (Å²) in [7, 11) is 1.66. The van der Waals surface area contributed by atoms with Gasteiger partial charge in [-0.2, -0.15) is 0 Å². The number of amides is 2. The van der Waals surface area contributed by atoms with Crippen molar-refractivity contribution in [2.75, 3.05) is 7.05 Å². The predicted octanol–water partition coefficient (Wildman–Crippen LogP) is 5.10. The lowest BCUT2D eigenvalue weighted by Crippen LogP contribution is -2.45. The van der Waals surface area contributed by atoms with E-state index in [0.29, 0.717) is 33.0 Å². The van der Waals surface area contributed by atoms with Crippen molar-refractivity contribution < 1.29 is 18.4 Å². The molecule has 0 aliphatic carbocycles. The summed E-state index contributed by atoms with van der Waals surface area (Å²) >= 11 is 5.89. The van der Waals surface area contributed by atoms with Crippen LogP contribution in [-0.2, 0) is 23.4 Å². The number of benzene rings is 3. The van der Waals surface area contributed by atoms with Crippen LogP contribution in [0, 0.1) is 17.0 Å². The molecule has 3 aromatic carbocycles. The monoisotopic (exact) mass is 559 g/mol. The summed E-state index contributed by atoms with van der Waals surface area (Å²) in [6, 6.07) is 21.0. The number of hydrogen-bond acceptors (Lipinski definition) is 4. The van der Waals surface area contributed by atoms with E-state index in [9.17, 15) is 18.4 Å². The Bertz CT molecular complexity index is 1530. The first-order chi connectivity index (χ1) is 19.2. The molecule has 2 amide bonds. The minimum Gasteiger partial charge on any atom is -0.336 e. The fraction of sp³-hybridized carbons (Fsp3) is 0.133. The van der Waals surface area contributed by atoms with Gasteiger partial charge in [0.25, 0.3) is 11.8 Å². The highest BCUT2D eigenvalue weighted by atomic mass is 35.5. The van der Waals surface area contributed by atoms with Crippen molar-refractivity contribution in [1.82, 2.24) is 20.1 Å². The van der Waals surface area contributed by atoms with Crippen LogP contribution in [0.1, 0.15) is 32.7 Å². The average Bonchev–Trinajstić information content (AvgIpc) is 3.20. The van der Waals surface area contributed by atoms with Crippen LogP contribution in [0.15, 0.2) is 91.1 Å². The van der Waals surface area contributed by atoms with Gasteiger partial charge in [-0.15, -0.1) is 0 Å². The largest absolute Gasteiger partial charge is 0.336 e. The van der Waals surface area contributed by atoms with Crippen LogP contribution >= 0.6 is 11.6 Å². The summed E-state index contributed by atoms with van der Waals surface area (Å²) in [5, 5.41) is 12.1. The van der Waals surface area contributed by atoms with E-state index in [1.807, 2.05) is 0 Å². The molecule has 0 unspecified atom stereocenters. The second-order valence-corrected chi connectivity index (χ2v) is 9.89. The van der Waals surface area contributed by atoms with Gasteiger partial charge in [0.15, 0.2) is 11.5 Å². The van der Waals surface area contributed by atoms with Crippen molar-refractivity contribution in [3.05, 3.63) is 136 Å². The zero-order chi connectivity index (χ0) is 28.4. The number of nitrogens with one attached hydrogen (secondary N) is 2. The summed E-state index contributed by atoms with van der Waals surface area (Å²) < 4.78 is 27.5. The van der Waals surface area contributed by atoms with Crippen molar-refractivity contribution in [2.24, 2.45) is 0 Å². The van der Waals surface area contributed by atoms with E-state index in [4.69, 9.17) is 17.0 Å². The third kappa shape index (κ3) is 5.15. The molecule has 5 rings (SSSR count). The maximum Gasteiger partial charge on any atom is 0.264 e. The lowest BCUT2D eigenvalue weighted by atomic mass is 9.82. The fourth-order valence-corrected chi connectivity index (χ4v) is 4.84. The standard InChI is InChI=1S/C30H24ClF2N5O2/c1-37(18-26-14-9-23(31)16-35-26)27(39)20-4-2-3-19(15-20)17-38-28(40)30(36-29(38)34,21-5-10-24(32)11-6-21)22-7-12-25(33)13-8-22/h2-16H,17-18H2,1H3,(H2,34,36). The highest BCUT2D eigenvalue weighted by molar-refractivity contribution is 6.30. The predicted molar refractivity (Wildman–Crippen MR) is 146 cm³/mol. The summed E-state index contributed by atoms with van der Waals surface area (Å²) in [6.45, 7) is 0.273. The van der Waals surface area contributed by atoms with Crippen molar-refractivity contribution >= 4 is 29.4 Å². The van der Waals surface area contributed by atoms with Crippen molar-refractivity contribution in [3.63, 3.8) is 0 Å². The molecule has 2 heterocycles. The Balaban J connectivity index is 1.41. The number of carbonyl (C=O) groups is 2. The van der Waals surface area contributed by atoms with Gasteiger partial charge < -0.3 is 10.2 Å². The van der Waals surface area contributed by atoms with Gasteiger partial charge in [0.05, 0.1) is 23.8 Å². The van der Waals surface area contributed by atoms with E-state index in [1.54, 1.807) is 43.4 Å². The zero-order valence-corrected chi connectivity index (χ0v) is 22.1. The van der Waals surface area contributed by atoms with Crippen molar-refractivity contribution in [2.45, 2.75) is 18.6 Å². The van der Waals surface area contributed by atoms with Crippen molar-refractivity contribution in [3.8, 4) is 0 Å². The fourth-order valence-electron chi connectivity index (χ4n) is 4.73. The van der Waals surface area contributed by atoms with Crippen LogP contribution in [0.4, 0.5) is 8.78 Å². The van der Waals surface area contributed by atoms with E-state index < -0.39 is 23.1 Å².